The Kier molecular flexibility index (Phi) is 5.06. The Labute approximate surface area is 222 Å². The Morgan fingerprint density at radius 2 is 1.82 bits per heavy atom. The molecule has 4 saturated heterocycles. The van der Waals surface area contributed by atoms with Gasteiger partial charge in [-0.3, -0.25) is 14.4 Å². The number of nitrogens with two attached hydrogens (primary N) is 1. The third-order valence-electron chi connectivity index (χ3n) is 10.2. The van der Waals surface area contributed by atoms with Gasteiger partial charge in [-0.2, -0.15) is 0 Å². The van der Waals surface area contributed by atoms with E-state index in [9.17, 15) is 34.2 Å². The number of hydrogen-bond acceptors (Lipinski definition) is 13. The summed E-state index contributed by atoms with van der Waals surface area (Å²) in [5.41, 5.74) is -3.55. The highest BCUT2D eigenvalue weighted by Gasteiger charge is 3.04. The van der Waals surface area contributed by atoms with Gasteiger partial charge >= 0.3 is 29.8 Å². The highest BCUT2D eigenvalue weighted by molar-refractivity contribution is 5.94. The third kappa shape index (κ3) is 2.51. The van der Waals surface area contributed by atoms with E-state index in [1.54, 1.807) is 0 Å². The van der Waals surface area contributed by atoms with Crippen LogP contribution >= 0.6 is 0 Å². The molecule has 6 rings (SSSR count). The molecule has 0 bridgehead atoms. The molecule has 14 heteroatoms. The van der Waals surface area contributed by atoms with Crippen molar-refractivity contribution in [3.05, 3.63) is 0 Å². The van der Waals surface area contributed by atoms with Gasteiger partial charge in [0.25, 0.3) is 0 Å². The Morgan fingerprint density at radius 1 is 1.15 bits per heavy atom. The first kappa shape index (κ1) is 26.4. The minimum Gasteiger partial charge on any atom is -0.480 e. The zero-order valence-electron chi connectivity index (χ0n) is 21.7. The molecule has 2 spiro atoms. The number of aliphatic carboxylic acids is 1. The molecule has 39 heavy (non-hydrogen) atoms. The Balaban J connectivity index is 1.53. The van der Waals surface area contributed by atoms with Gasteiger partial charge in [-0.1, -0.05) is 20.8 Å². The highest BCUT2D eigenvalue weighted by Crippen LogP contribution is 2.84. The predicted molar refractivity (Wildman–Crippen MR) is 121 cm³/mol. The van der Waals surface area contributed by atoms with Gasteiger partial charge in [-0.15, -0.1) is 0 Å². The summed E-state index contributed by atoms with van der Waals surface area (Å²) in [5, 5.41) is 33.2. The minimum atomic E-state index is -2.38. The van der Waals surface area contributed by atoms with Crippen LogP contribution in [0.25, 0.3) is 0 Å². The van der Waals surface area contributed by atoms with Gasteiger partial charge in [-0.05, 0) is 31.1 Å². The van der Waals surface area contributed by atoms with Crippen molar-refractivity contribution in [3.8, 4) is 0 Å². The van der Waals surface area contributed by atoms with Crippen LogP contribution in [0.5, 0.6) is 0 Å². The van der Waals surface area contributed by atoms with Crippen molar-refractivity contribution in [3.63, 3.8) is 0 Å². The van der Waals surface area contributed by atoms with E-state index in [2.05, 4.69) is 0 Å². The van der Waals surface area contributed by atoms with Gasteiger partial charge in [0.2, 0.25) is 18.0 Å². The van der Waals surface area contributed by atoms with Crippen molar-refractivity contribution in [2.24, 2.45) is 33.8 Å². The van der Waals surface area contributed by atoms with Crippen LogP contribution in [0, 0.1) is 28.1 Å². The second-order valence-corrected chi connectivity index (χ2v) is 12.6. The molecule has 214 valence electrons. The minimum absolute atomic E-state index is 0.105. The van der Waals surface area contributed by atoms with Crippen molar-refractivity contribution in [1.29, 1.82) is 0 Å². The molecular weight excluding hydrogens is 522 g/mol. The third-order valence-corrected chi connectivity index (χ3v) is 10.2. The molecule has 4 heterocycles. The van der Waals surface area contributed by atoms with Crippen molar-refractivity contribution in [1.82, 2.24) is 0 Å². The van der Waals surface area contributed by atoms with Gasteiger partial charge in [0, 0.05) is 6.42 Å². The van der Waals surface area contributed by atoms with Crippen LogP contribution in [0.1, 0.15) is 47.0 Å². The van der Waals surface area contributed by atoms with Gasteiger partial charge in [0.05, 0.1) is 16.7 Å². The lowest BCUT2D eigenvalue weighted by molar-refractivity contribution is -0.240. The molecule has 12 atom stereocenters. The molecule has 0 radical (unpaired) electrons. The average Bonchev–Trinajstić information content (AvgIpc) is 3.55. The topological polar surface area (TPSA) is 218 Å². The monoisotopic (exact) mass is 553 g/mol. The SMILES string of the molecule is C[C@@H]1C(=O)OC2[C@H](O)C34C5C[C@@H](C(C)(C)C)C36[C@@H](OC(=O)[C@@H]6OC(=O)CCC(N)C(=O)O)OC4(C(=O)O5)[C@]21O. The quantitative estimate of drug-likeness (QED) is 0.222. The standard InChI is InChI=1S/C25H31NO13/c1-8-17(31)37-14-13(28)23-11-7-10(21(2,3)4)22(23)15(36-12(27)6-5-9(26)16(29)30)18(32)38-20(22)39-25(23,19(33)35-11)24(8,14)34/h8-11,13-15,20,28,34H,5-7,26H2,1-4H3,(H,29,30)/t8-,9?,10+,11?,13+,14?,15+,20+,22?,23?,24-,25?/m1/s1. The molecule has 6 fully saturated rings. The molecule has 5 N–H and O–H groups in total. The summed E-state index contributed by atoms with van der Waals surface area (Å²) in [6.07, 6.45) is -8.34. The maximum atomic E-state index is 13.7. The molecule has 4 aliphatic heterocycles. The van der Waals surface area contributed by atoms with Crippen molar-refractivity contribution in [2.45, 2.75) is 94.9 Å². The number of carboxylic acids is 1. The number of carbonyl (C=O) groups is 5. The van der Waals surface area contributed by atoms with Crippen LogP contribution in [-0.4, -0.2) is 93.1 Å². The van der Waals surface area contributed by atoms with Crippen LogP contribution in [0.15, 0.2) is 0 Å². The summed E-state index contributed by atoms with van der Waals surface area (Å²) in [7, 11) is 0. The second-order valence-electron chi connectivity index (χ2n) is 12.6. The average molecular weight is 554 g/mol. The number of hydrogen-bond donors (Lipinski definition) is 4. The number of esters is 4. The molecule has 2 saturated carbocycles. The molecule has 6 aliphatic rings. The second kappa shape index (κ2) is 7.47. The molecule has 14 nitrogen and oxygen atoms in total. The lowest BCUT2D eigenvalue weighted by Gasteiger charge is -2.48. The van der Waals surface area contributed by atoms with Crippen molar-refractivity contribution >= 4 is 29.8 Å². The number of rotatable bonds is 5. The van der Waals surface area contributed by atoms with E-state index >= 15 is 0 Å². The predicted octanol–water partition coefficient (Wildman–Crippen LogP) is -1.63. The number of carbonyl (C=O) groups excluding carboxylic acids is 4. The van der Waals surface area contributed by atoms with Gasteiger partial charge in [0.15, 0.2) is 11.7 Å². The maximum absolute atomic E-state index is 13.7. The Bertz CT molecular complexity index is 1210. The van der Waals surface area contributed by atoms with E-state index in [0.717, 1.165) is 0 Å². The Morgan fingerprint density at radius 3 is 2.44 bits per heavy atom. The van der Waals surface area contributed by atoms with Crippen molar-refractivity contribution in [2.75, 3.05) is 0 Å². The zero-order chi connectivity index (χ0) is 28.7. The first-order valence-electron chi connectivity index (χ1n) is 12.9. The fourth-order valence-electron chi connectivity index (χ4n) is 8.83. The van der Waals surface area contributed by atoms with E-state index in [1.807, 2.05) is 20.8 Å². The van der Waals surface area contributed by atoms with Crippen LogP contribution < -0.4 is 5.73 Å². The molecule has 0 aromatic carbocycles. The zero-order valence-corrected chi connectivity index (χ0v) is 21.7. The van der Waals surface area contributed by atoms with Gasteiger partial charge in [0.1, 0.15) is 18.2 Å². The summed E-state index contributed by atoms with van der Waals surface area (Å²) in [6.45, 7) is 6.92. The van der Waals surface area contributed by atoms with Gasteiger partial charge in [-0.25, -0.2) is 9.59 Å². The fourth-order valence-corrected chi connectivity index (χ4v) is 8.83. The summed E-state index contributed by atoms with van der Waals surface area (Å²) >= 11 is 0. The van der Waals surface area contributed by atoms with Crippen LogP contribution in [0.3, 0.4) is 0 Å². The van der Waals surface area contributed by atoms with E-state index in [1.165, 1.54) is 6.92 Å². The van der Waals surface area contributed by atoms with Gasteiger partial charge < -0.3 is 44.7 Å². The smallest absolute Gasteiger partial charge is 0.350 e. The highest BCUT2D eigenvalue weighted by atomic mass is 16.8. The van der Waals surface area contributed by atoms with E-state index in [4.69, 9.17) is 34.5 Å². The maximum Gasteiger partial charge on any atom is 0.350 e. The first-order chi connectivity index (χ1) is 18.0. The lowest BCUT2D eigenvalue weighted by Crippen LogP contribution is -2.67. The first-order valence-corrected chi connectivity index (χ1v) is 12.9. The molecule has 6 unspecified atom stereocenters. The summed E-state index contributed by atoms with van der Waals surface area (Å²) in [6, 6.07) is -1.35. The van der Waals surface area contributed by atoms with Crippen LogP contribution in [0.4, 0.5) is 0 Å². The summed E-state index contributed by atoms with van der Waals surface area (Å²) < 4.78 is 28.7. The molecule has 0 aromatic rings. The lowest BCUT2D eigenvalue weighted by atomic mass is 9.51. The van der Waals surface area contributed by atoms with Crippen LogP contribution in [-0.2, 0) is 47.7 Å². The molecular formula is C25H31NO13. The normalized spacial score (nSPS) is 49.5. The molecule has 0 aromatic heterocycles. The van der Waals surface area contributed by atoms with Crippen molar-refractivity contribution < 1.29 is 63.0 Å². The number of fused-ring (bicyclic) bond motifs is 1. The number of carboxylic acid groups (broad SMARTS) is 1. The van der Waals surface area contributed by atoms with Crippen LogP contribution in [0.2, 0.25) is 0 Å². The summed E-state index contributed by atoms with van der Waals surface area (Å²) in [4.78, 5) is 63.8. The van der Waals surface area contributed by atoms with E-state index in [-0.39, 0.29) is 12.8 Å². The number of aliphatic hydroxyl groups excluding tert-OH is 1. The molecule has 0 amide bonds. The molecule has 2 aliphatic carbocycles. The fraction of sp³-hybridized carbons (Fsp3) is 0.800. The Hall–Kier alpha value is -2.81. The largest absolute Gasteiger partial charge is 0.480 e. The number of aliphatic hydroxyl groups is 2. The van der Waals surface area contributed by atoms with E-state index < -0.39 is 112 Å². The van der Waals surface area contributed by atoms with E-state index in [0.29, 0.717) is 0 Å². The summed E-state index contributed by atoms with van der Waals surface area (Å²) in [5.74, 6) is -7.10. The number of ether oxygens (including phenoxy) is 5.